The molecule has 0 aliphatic carbocycles. The van der Waals surface area contributed by atoms with Crippen LogP contribution < -0.4 is 16.4 Å². The highest BCUT2D eigenvalue weighted by Gasteiger charge is 2.34. The molecule has 0 bridgehead atoms. The molecule has 0 radical (unpaired) electrons. The summed E-state index contributed by atoms with van der Waals surface area (Å²) >= 11 is 0. The fraction of sp³-hybridized carbons (Fsp3) is 0.483. The van der Waals surface area contributed by atoms with Crippen LogP contribution in [0.25, 0.3) is 0 Å². The van der Waals surface area contributed by atoms with Crippen molar-refractivity contribution in [3.63, 3.8) is 0 Å². The van der Waals surface area contributed by atoms with Crippen LogP contribution in [0.1, 0.15) is 51.3 Å². The van der Waals surface area contributed by atoms with Crippen LogP contribution in [0.4, 0.5) is 4.39 Å². The van der Waals surface area contributed by atoms with Crippen LogP contribution in [-0.4, -0.2) is 59.9 Å². The number of nitrogens with zero attached hydrogens (tertiary/aromatic N) is 1. The predicted molar refractivity (Wildman–Crippen MR) is 146 cm³/mol. The number of nitrogens with one attached hydrogen (secondary N) is 2. The van der Waals surface area contributed by atoms with Crippen LogP contribution in [0.2, 0.25) is 0 Å². The maximum atomic E-state index is 13.4. The minimum Gasteiger partial charge on any atom is -0.508 e. The first kappa shape index (κ1) is 30.8. The molecule has 0 aromatic heterocycles. The summed E-state index contributed by atoms with van der Waals surface area (Å²) in [4.78, 5) is 40.6. The van der Waals surface area contributed by atoms with E-state index < -0.39 is 29.9 Å². The van der Waals surface area contributed by atoms with E-state index in [9.17, 15) is 23.9 Å². The molecule has 8 nitrogen and oxygen atoms in total. The largest absolute Gasteiger partial charge is 0.508 e. The van der Waals surface area contributed by atoms with Crippen LogP contribution >= 0.6 is 0 Å². The van der Waals surface area contributed by atoms with E-state index in [2.05, 4.69) is 10.6 Å². The van der Waals surface area contributed by atoms with E-state index in [-0.39, 0.29) is 41.6 Å². The average Bonchev–Trinajstić information content (AvgIpc) is 2.84. The first-order chi connectivity index (χ1) is 17.6. The van der Waals surface area contributed by atoms with Crippen molar-refractivity contribution < 1.29 is 23.9 Å². The van der Waals surface area contributed by atoms with Gasteiger partial charge < -0.3 is 26.4 Å². The smallest absolute Gasteiger partial charge is 0.243 e. The van der Waals surface area contributed by atoms with Gasteiger partial charge in [-0.3, -0.25) is 14.4 Å². The molecule has 0 saturated carbocycles. The third kappa shape index (κ3) is 8.02. The summed E-state index contributed by atoms with van der Waals surface area (Å²) in [6.45, 7) is 9.55. The second-order valence-corrected chi connectivity index (χ2v) is 11.1. The first-order valence-electron chi connectivity index (χ1n) is 12.8. The molecule has 3 unspecified atom stereocenters. The zero-order valence-corrected chi connectivity index (χ0v) is 23.3. The molecule has 38 heavy (non-hydrogen) atoms. The standard InChI is InChI=1S/C29H41FN4O4/c1-17(2)25(34(7)28(38)22(31)15-18-8-11-20(30)12-9-18)27(37)33-23(26(36)32-6)16-19-10-13-24(35)21(14-19)29(3,4)5/h8-14,17,22-23,25,35H,15-16,31H2,1-7H3,(H,32,36)(H,33,37). The van der Waals surface area contributed by atoms with E-state index in [1.165, 1.54) is 31.1 Å². The SMILES string of the molecule is CNC(=O)C(Cc1ccc(O)c(C(C)(C)C)c1)NC(=O)C(C(C)C)N(C)C(=O)C(N)Cc1ccc(F)cc1. The zero-order chi connectivity index (χ0) is 28.8. The van der Waals surface area contributed by atoms with Crippen LogP contribution in [0.5, 0.6) is 5.75 Å². The Hall–Kier alpha value is -3.46. The second kappa shape index (κ2) is 12.9. The third-order valence-electron chi connectivity index (χ3n) is 6.54. The van der Waals surface area contributed by atoms with Crippen molar-refractivity contribution in [2.45, 2.75) is 71.0 Å². The lowest BCUT2D eigenvalue weighted by atomic mass is 9.84. The van der Waals surface area contributed by atoms with Gasteiger partial charge in [0.2, 0.25) is 17.7 Å². The van der Waals surface area contributed by atoms with Crippen LogP contribution in [0.15, 0.2) is 42.5 Å². The van der Waals surface area contributed by atoms with Crippen molar-refractivity contribution in [1.82, 2.24) is 15.5 Å². The Kier molecular flexibility index (Phi) is 10.4. The highest BCUT2D eigenvalue weighted by atomic mass is 19.1. The molecular formula is C29H41FN4O4. The lowest BCUT2D eigenvalue weighted by Crippen LogP contribution is -2.58. The normalized spacial score (nSPS) is 13.9. The number of likely N-dealkylation sites (N-methyl/N-ethyl adjacent to an activating group) is 2. The quantitative estimate of drug-likeness (QED) is 0.377. The lowest BCUT2D eigenvalue weighted by molar-refractivity contribution is -0.142. The maximum absolute atomic E-state index is 13.4. The van der Waals surface area contributed by atoms with E-state index in [0.717, 1.165) is 11.1 Å². The van der Waals surface area contributed by atoms with Gasteiger partial charge in [0.1, 0.15) is 23.7 Å². The Bertz CT molecular complexity index is 1130. The van der Waals surface area contributed by atoms with Crippen molar-refractivity contribution in [2.24, 2.45) is 11.7 Å². The second-order valence-electron chi connectivity index (χ2n) is 11.1. The number of rotatable bonds is 10. The molecule has 208 valence electrons. The maximum Gasteiger partial charge on any atom is 0.243 e. The summed E-state index contributed by atoms with van der Waals surface area (Å²) < 4.78 is 13.2. The predicted octanol–water partition coefficient (Wildman–Crippen LogP) is 2.66. The van der Waals surface area contributed by atoms with Crippen molar-refractivity contribution in [1.29, 1.82) is 0 Å². The highest BCUT2D eigenvalue weighted by Crippen LogP contribution is 2.31. The van der Waals surface area contributed by atoms with Crippen molar-refractivity contribution in [3.05, 3.63) is 65.0 Å². The van der Waals surface area contributed by atoms with E-state index in [0.29, 0.717) is 5.56 Å². The number of amides is 3. The summed E-state index contributed by atoms with van der Waals surface area (Å²) in [6.07, 6.45) is 0.384. The number of phenols is 1. The number of hydrogen-bond acceptors (Lipinski definition) is 5. The van der Waals surface area contributed by atoms with Gasteiger partial charge in [-0.1, -0.05) is 58.9 Å². The monoisotopic (exact) mass is 528 g/mol. The molecule has 0 aliphatic heterocycles. The number of hydrogen-bond donors (Lipinski definition) is 4. The third-order valence-corrected chi connectivity index (χ3v) is 6.54. The van der Waals surface area contributed by atoms with Gasteiger partial charge in [0.05, 0.1) is 6.04 Å². The van der Waals surface area contributed by atoms with Crippen molar-refractivity contribution in [3.8, 4) is 5.75 Å². The Balaban J connectivity index is 2.22. The van der Waals surface area contributed by atoms with Gasteiger partial charge in [-0.2, -0.15) is 0 Å². The Morgan fingerprint density at radius 3 is 2.11 bits per heavy atom. The Morgan fingerprint density at radius 2 is 1.58 bits per heavy atom. The van der Waals surface area contributed by atoms with Gasteiger partial charge in [0.15, 0.2) is 0 Å². The molecule has 9 heteroatoms. The van der Waals surface area contributed by atoms with Crippen LogP contribution in [0, 0.1) is 11.7 Å². The van der Waals surface area contributed by atoms with Gasteiger partial charge in [-0.15, -0.1) is 0 Å². The molecule has 3 atom stereocenters. The van der Waals surface area contributed by atoms with E-state index in [1.807, 2.05) is 40.7 Å². The van der Waals surface area contributed by atoms with Gasteiger partial charge in [-0.25, -0.2) is 4.39 Å². The molecule has 2 aromatic rings. The molecule has 0 fully saturated rings. The molecule has 0 spiro atoms. The summed E-state index contributed by atoms with van der Waals surface area (Å²) in [6, 6.07) is 8.18. The Morgan fingerprint density at radius 1 is 1.00 bits per heavy atom. The lowest BCUT2D eigenvalue weighted by Gasteiger charge is -2.33. The molecule has 2 rings (SSSR count). The number of carbonyl (C=O) groups is 3. The molecule has 2 aromatic carbocycles. The zero-order valence-electron chi connectivity index (χ0n) is 23.3. The molecule has 0 saturated heterocycles. The molecule has 5 N–H and O–H groups in total. The van der Waals surface area contributed by atoms with Crippen LogP contribution in [0.3, 0.4) is 0 Å². The van der Waals surface area contributed by atoms with E-state index >= 15 is 0 Å². The fourth-order valence-electron chi connectivity index (χ4n) is 4.47. The van der Waals surface area contributed by atoms with Gasteiger partial charge in [0, 0.05) is 20.5 Å². The molecule has 0 heterocycles. The molecule has 0 aliphatic rings. The van der Waals surface area contributed by atoms with Gasteiger partial charge >= 0.3 is 0 Å². The number of nitrogens with two attached hydrogens (primary N) is 1. The molecular weight excluding hydrogens is 487 g/mol. The number of carbonyl (C=O) groups excluding carboxylic acids is 3. The minimum atomic E-state index is -0.929. The van der Waals surface area contributed by atoms with Gasteiger partial charge in [-0.05, 0) is 52.6 Å². The van der Waals surface area contributed by atoms with Crippen molar-refractivity contribution >= 4 is 17.7 Å². The summed E-state index contributed by atoms with van der Waals surface area (Å²) in [5.41, 5.74) is 8.05. The first-order valence-corrected chi connectivity index (χ1v) is 12.8. The number of halogens is 1. The fourth-order valence-corrected chi connectivity index (χ4v) is 4.47. The highest BCUT2D eigenvalue weighted by molar-refractivity contribution is 5.93. The van der Waals surface area contributed by atoms with E-state index in [1.54, 1.807) is 24.3 Å². The molecule has 3 amide bonds. The Labute approximate surface area is 224 Å². The number of aromatic hydroxyl groups is 1. The van der Waals surface area contributed by atoms with Crippen LogP contribution in [-0.2, 0) is 32.6 Å². The van der Waals surface area contributed by atoms with Crippen molar-refractivity contribution in [2.75, 3.05) is 14.1 Å². The van der Waals surface area contributed by atoms with Gasteiger partial charge in [0.25, 0.3) is 0 Å². The minimum absolute atomic E-state index is 0.166. The number of benzene rings is 2. The topological polar surface area (TPSA) is 125 Å². The summed E-state index contributed by atoms with van der Waals surface area (Å²) in [5.74, 6) is -1.78. The average molecular weight is 529 g/mol. The number of phenolic OH excluding ortho intramolecular Hbond substituents is 1. The van der Waals surface area contributed by atoms with E-state index in [4.69, 9.17) is 5.73 Å². The summed E-state index contributed by atoms with van der Waals surface area (Å²) in [7, 11) is 3.00. The summed E-state index contributed by atoms with van der Waals surface area (Å²) in [5, 5.41) is 15.7.